The van der Waals surface area contributed by atoms with Crippen molar-refractivity contribution >= 4 is 23.4 Å². The van der Waals surface area contributed by atoms with Crippen LogP contribution in [0.2, 0.25) is 0 Å². The quantitative estimate of drug-likeness (QED) is 0.393. The maximum atomic E-state index is 12.8. The topological polar surface area (TPSA) is 121 Å². The second-order valence-corrected chi connectivity index (χ2v) is 7.53. The highest BCUT2D eigenvalue weighted by molar-refractivity contribution is 5.96. The summed E-state index contributed by atoms with van der Waals surface area (Å²) in [5.74, 6) is 1.46. The van der Waals surface area contributed by atoms with Gasteiger partial charge in [-0.3, -0.25) is 4.79 Å². The molecule has 1 aliphatic rings. The maximum Gasteiger partial charge on any atom is 0.251 e. The van der Waals surface area contributed by atoms with Crippen molar-refractivity contribution in [1.29, 1.82) is 0 Å². The van der Waals surface area contributed by atoms with E-state index in [2.05, 4.69) is 30.8 Å². The van der Waals surface area contributed by atoms with E-state index in [1.54, 1.807) is 31.6 Å². The van der Waals surface area contributed by atoms with Crippen molar-refractivity contribution in [1.82, 2.24) is 25.9 Å². The summed E-state index contributed by atoms with van der Waals surface area (Å²) in [5, 5.41) is 9.17. The summed E-state index contributed by atoms with van der Waals surface area (Å²) in [6.45, 7) is 7.32. The number of amidine groups is 1. The Bertz CT molecular complexity index is 964. The van der Waals surface area contributed by atoms with E-state index in [1.807, 2.05) is 32.0 Å². The lowest BCUT2D eigenvalue weighted by atomic mass is 10.1. The van der Waals surface area contributed by atoms with Crippen molar-refractivity contribution in [2.45, 2.75) is 19.9 Å². The first-order chi connectivity index (χ1) is 15.0. The fourth-order valence-corrected chi connectivity index (χ4v) is 3.17. The Balaban J connectivity index is 2.00. The Morgan fingerprint density at radius 1 is 1.29 bits per heavy atom. The number of nitrogens with two attached hydrogens (primary N) is 1. The molecule has 0 radical (unpaired) electrons. The van der Waals surface area contributed by atoms with Gasteiger partial charge in [0.15, 0.2) is 5.82 Å². The van der Waals surface area contributed by atoms with Gasteiger partial charge in [0.2, 0.25) is 0 Å². The first-order valence-electron chi connectivity index (χ1n) is 10.4. The van der Waals surface area contributed by atoms with Gasteiger partial charge in [-0.25, -0.2) is 15.0 Å². The van der Waals surface area contributed by atoms with Crippen LogP contribution in [0.3, 0.4) is 0 Å². The zero-order valence-corrected chi connectivity index (χ0v) is 18.2. The zero-order chi connectivity index (χ0) is 22.2. The number of rotatable bonds is 7. The standard InChI is InChI=1S/C22H30N8O/c1-15(2)27-22(31)17-12-18(28-21(14-17)30-10-8-25-9-11-30)16-4-7-26-20(13-16)29-19(23)5-6-24-3/h4-7,12-15,24-25H,8-11H2,1-3H3,(H,27,31)(H2,23,26,29). The number of pyridine rings is 2. The number of nitrogens with one attached hydrogen (secondary N) is 3. The number of carbonyl (C=O) groups is 1. The third kappa shape index (κ3) is 6.26. The maximum absolute atomic E-state index is 12.8. The fourth-order valence-electron chi connectivity index (χ4n) is 3.17. The van der Waals surface area contributed by atoms with Crippen molar-refractivity contribution in [2.24, 2.45) is 10.7 Å². The Hall–Kier alpha value is -3.46. The van der Waals surface area contributed by atoms with E-state index >= 15 is 0 Å². The number of amides is 1. The summed E-state index contributed by atoms with van der Waals surface area (Å²) in [6.07, 6.45) is 5.02. The van der Waals surface area contributed by atoms with Gasteiger partial charge >= 0.3 is 0 Å². The number of nitrogens with zero attached hydrogens (tertiary/aromatic N) is 4. The van der Waals surface area contributed by atoms with E-state index in [9.17, 15) is 4.79 Å². The number of anilines is 1. The molecule has 1 saturated heterocycles. The third-order valence-corrected chi connectivity index (χ3v) is 4.64. The van der Waals surface area contributed by atoms with E-state index < -0.39 is 0 Å². The van der Waals surface area contributed by atoms with Crippen LogP contribution in [0.4, 0.5) is 11.6 Å². The minimum atomic E-state index is -0.121. The minimum absolute atomic E-state index is 0.0438. The van der Waals surface area contributed by atoms with Crippen molar-refractivity contribution in [3.8, 4) is 11.3 Å². The third-order valence-electron chi connectivity index (χ3n) is 4.64. The van der Waals surface area contributed by atoms with Crippen LogP contribution in [0, 0.1) is 0 Å². The van der Waals surface area contributed by atoms with E-state index in [-0.39, 0.29) is 11.9 Å². The van der Waals surface area contributed by atoms with Gasteiger partial charge in [-0.05, 0) is 50.4 Å². The number of hydrogen-bond donors (Lipinski definition) is 4. The Morgan fingerprint density at radius 2 is 2.06 bits per heavy atom. The summed E-state index contributed by atoms with van der Waals surface area (Å²) < 4.78 is 0. The van der Waals surface area contributed by atoms with Crippen molar-refractivity contribution in [3.05, 3.63) is 48.3 Å². The number of carbonyl (C=O) groups excluding carboxylic acids is 1. The molecule has 164 valence electrons. The van der Waals surface area contributed by atoms with Crippen LogP contribution in [-0.2, 0) is 0 Å². The second-order valence-electron chi connectivity index (χ2n) is 7.53. The lowest BCUT2D eigenvalue weighted by molar-refractivity contribution is 0.0943. The predicted molar refractivity (Wildman–Crippen MR) is 125 cm³/mol. The normalized spacial score (nSPS) is 14.8. The molecule has 0 saturated carbocycles. The molecule has 9 nitrogen and oxygen atoms in total. The first kappa shape index (κ1) is 22.2. The highest BCUT2D eigenvalue weighted by Gasteiger charge is 2.17. The van der Waals surface area contributed by atoms with Crippen molar-refractivity contribution < 1.29 is 4.79 Å². The van der Waals surface area contributed by atoms with Gasteiger partial charge in [0, 0.05) is 56.6 Å². The van der Waals surface area contributed by atoms with E-state index in [0.717, 1.165) is 37.6 Å². The molecule has 3 heterocycles. The molecule has 0 atom stereocenters. The fraction of sp³-hybridized carbons (Fsp3) is 0.364. The lowest BCUT2D eigenvalue weighted by Gasteiger charge is -2.29. The highest BCUT2D eigenvalue weighted by Crippen LogP contribution is 2.25. The van der Waals surface area contributed by atoms with Crippen LogP contribution in [0.5, 0.6) is 0 Å². The second kappa shape index (κ2) is 10.5. The summed E-state index contributed by atoms with van der Waals surface area (Å²) in [5.41, 5.74) is 7.99. The van der Waals surface area contributed by atoms with Gasteiger partial charge in [0.1, 0.15) is 11.7 Å². The molecule has 2 aromatic rings. The van der Waals surface area contributed by atoms with E-state index in [1.165, 1.54) is 0 Å². The van der Waals surface area contributed by atoms with Gasteiger partial charge in [0.25, 0.3) is 5.91 Å². The molecule has 0 unspecified atom stereocenters. The molecule has 1 fully saturated rings. The molecule has 3 rings (SSSR count). The molecule has 0 spiro atoms. The Labute approximate surface area is 182 Å². The van der Waals surface area contributed by atoms with E-state index in [4.69, 9.17) is 10.7 Å². The average molecular weight is 423 g/mol. The molecule has 0 aromatic carbocycles. The molecule has 5 N–H and O–H groups in total. The SMILES string of the molecule is CNC=CC(N)=Nc1cc(-c2cc(C(=O)NC(C)C)cc(N3CCNCC3)n2)ccn1. The van der Waals surface area contributed by atoms with Gasteiger partial charge < -0.3 is 26.6 Å². The highest BCUT2D eigenvalue weighted by atomic mass is 16.1. The van der Waals surface area contributed by atoms with Crippen LogP contribution in [0.1, 0.15) is 24.2 Å². The molecular weight excluding hydrogens is 392 g/mol. The lowest BCUT2D eigenvalue weighted by Crippen LogP contribution is -2.44. The van der Waals surface area contributed by atoms with Gasteiger partial charge in [0.05, 0.1) is 5.69 Å². The van der Waals surface area contributed by atoms with Crippen molar-refractivity contribution in [3.63, 3.8) is 0 Å². The minimum Gasteiger partial charge on any atom is -0.394 e. The van der Waals surface area contributed by atoms with Gasteiger partial charge in [-0.15, -0.1) is 0 Å². The Morgan fingerprint density at radius 3 is 2.77 bits per heavy atom. The molecular formula is C22H30N8O. The van der Waals surface area contributed by atoms with Crippen LogP contribution >= 0.6 is 0 Å². The Kier molecular flexibility index (Phi) is 7.55. The number of aliphatic imine (C=N–C) groups is 1. The number of aromatic nitrogens is 2. The predicted octanol–water partition coefficient (Wildman–Crippen LogP) is 1.41. The number of hydrogen-bond acceptors (Lipinski definition) is 7. The van der Waals surface area contributed by atoms with E-state index in [0.29, 0.717) is 22.9 Å². The monoisotopic (exact) mass is 422 g/mol. The summed E-state index contributed by atoms with van der Waals surface area (Å²) in [7, 11) is 1.78. The van der Waals surface area contributed by atoms with Crippen molar-refractivity contribution in [2.75, 3.05) is 38.1 Å². The summed E-state index contributed by atoms with van der Waals surface area (Å²) in [4.78, 5) is 28.4. The molecule has 2 aromatic heterocycles. The molecule has 1 aliphatic heterocycles. The smallest absolute Gasteiger partial charge is 0.251 e. The molecule has 31 heavy (non-hydrogen) atoms. The van der Waals surface area contributed by atoms with Gasteiger partial charge in [-0.1, -0.05) is 0 Å². The molecule has 1 amide bonds. The van der Waals surface area contributed by atoms with Crippen LogP contribution in [0.25, 0.3) is 11.3 Å². The summed E-state index contributed by atoms with van der Waals surface area (Å²) >= 11 is 0. The average Bonchev–Trinajstić information content (AvgIpc) is 2.77. The largest absolute Gasteiger partial charge is 0.394 e. The summed E-state index contributed by atoms with van der Waals surface area (Å²) in [6, 6.07) is 7.37. The van der Waals surface area contributed by atoms with Crippen LogP contribution in [0.15, 0.2) is 47.7 Å². The molecule has 0 aliphatic carbocycles. The van der Waals surface area contributed by atoms with Gasteiger partial charge in [-0.2, -0.15) is 0 Å². The van der Waals surface area contributed by atoms with Crippen LogP contribution < -0.4 is 26.6 Å². The number of piperazine rings is 1. The zero-order valence-electron chi connectivity index (χ0n) is 18.2. The first-order valence-corrected chi connectivity index (χ1v) is 10.4. The molecule has 9 heteroatoms. The molecule has 0 bridgehead atoms. The van der Waals surface area contributed by atoms with Crippen LogP contribution in [-0.4, -0.2) is 61.0 Å².